The fourth-order valence-corrected chi connectivity index (χ4v) is 3.26. The zero-order chi connectivity index (χ0) is 17.1. The van der Waals surface area contributed by atoms with Crippen molar-refractivity contribution in [3.63, 3.8) is 0 Å². The standard InChI is InChI=1S/C18H22FN3O2/c1-13-20-7-9-21(13)11-14-4-3-8-22(12-14)18(23)15-5-6-17(24-2)16(19)10-15/h5-7,9-10,14H,3-4,8,11-12H2,1-2H3. The fraction of sp³-hybridized carbons (Fsp3) is 0.444. The van der Waals surface area contributed by atoms with E-state index in [0.29, 0.717) is 24.6 Å². The molecule has 1 fully saturated rings. The molecule has 1 aliphatic rings. The Morgan fingerprint density at radius 1 is 1.46 bits per heavy atom. The van der Waals surface area contributed by atoms with Crippen LogP contribution in [0.15, 0.2) is 30.6 Å². The lowest BCUT2D eigenvalue weighted by molar-refractivity contribution is 0.0661. The van der Waals surface area contributed by atoms with Gasteiger partial charge in [0.25, 0.3) is 5.91 Å². The number of hydrogen-bond acceptors (Lipinski definition) is 3. The zero-order valence-electron chi connectivity index (χ0n) is 14.0. The van der Waals surface area contributed by atoms with E-state index in [1.165, 1.54) is 19.2 Å². The van der Waals surface area contributed by atoms with E-state index in [2.05, 4.69) is 9.55 Å². The third-order valence-electron chi connectivity index (χ3n) is 4.58. The number of piperidine rings is 1. The Labute approximate surface area is 141 Å². The van der Waals surface area contributed by atoms with Crippen LogP contribution >= 0.6 is 0 Å². The SMILES string of the molecule is COc1ccc(C(=O)N2CCCC(Cn3ccnc3C)C2)cc1F. The maximum absolute atomic E-state index is 13.8. The Kier molecular flexibility index (Phi) is 4.83. The first-order valence-electron chi connectivity index (χ1n) is 8.19. The van der Waals surface area contributed by atoms with Crippen molar-refractivity contribution in [3.05, 3.63) is 47.8 Å². The molecule has 1 unspecified atom stereocenters. The molecular formula is C18H22FN3O2. The average Bonchev–Trinajstić information content (AvgIpc) is 2.99. The van der Waals surface area contributed by atoms with Gasteiger partial charge in [0.1, 0.15) is 5.82 Å². The van der Waals surface area contributed by atoms with Gasteiger partial charge in [0, 0.05) is 37.6 Å². The molecule has 0 spiro atoms. The Morgan fingerprint density at radius 3 is 2.96 bits per heavy atom. The predicted molar refractivity (Wildman–Crippen MR) is 88.5 cm³/mol. The first-order chi connectivity index (χ1) is 11.6. The molecule has 1 aromatic heterocycles. The fourth-order valence-electron chi connectivity index (χ4n) is 3.26. The van der Waals surface area contributed by atoms with Crippen molar-refractivity contribution in [2.45, 2.75) is 26.3 Å². The number of rotatable bonds is 4. The Bertz CT molecular complexity index is 729. The molecule has 1 aliphatic heterocycles. The van der Waals surface area contributed by atoms with Gasteiger partial charge in [-0.2, -0.15) is 0 Å². The number of hydrogen-bond donors (Lipinski definition) is 0. The number of methoxy groups -OCH3 is 1. The van der Waals surface area contributed by atoms with Gasteiger partial charge < -0.3 is 14.2 Å². The van der Waals surface area contributed by atoms with Crippen molar-refractivity contribution < 1.29 is 13.9 Å². The number of carbonyl (C=O) groups is 1. The summed E-state index contributed by atoms with van der Waals surface area (Å²) in [6.07, 6.45) is 5.80. The molecule has 0 bridgehead atoms. The van der Waals surface area contributed by atoms with E-state index in [-0.39, 0.29) is 11.7 Å². The van der Waals surface area contributed by atoms with Gasteiger partial charge in [-0.05, 0) is 43.9 Å². The zero-order valence-corrected chi connectivity index (χ0v) is 14.0. The molecule has 1 aromatic carbocycles. The summed E-state index contributed by atoms with van der Waals surface area (Å²) in [5, 5.41) is 0. The summed E-state index contributed by atoms with van der Waals surface area (Å²) in [6, 6.07) is 4.37. The molecule has 128 valence electrons. The van der Waals surface area contributed by atoms with E-state index in [1.807, 2.05) is 18.0 Å². The highest BCUT2D eigenvalue weighted by Gasteiger charge is 2.25. The Morgan fingerprint density at radius 2 is 2.29 bits per heavy atom. The van der Waals surface area contributed by atoms with Crippen LogP contribution in [-0.2, 0) is 6.54 Å². The summed E-state index contributed by atoms with van der Waals surface area (Å²) < 4.78 is 20.9. The van der Waals surface area contributed by atoms with Gasteiger partial charge in [-0.3, -0.25) is 4.79 Å². The molecule has 1 amide bonds. The lowest BCUT2D eigenvalue weighted by Crippen LogP contribution is -2.41. The van der Waals surface area contributed by atoms with Crippen molar-refractivity contribution in [1.82, 2.24) is 14.5 Å². The van der Waals surface area contributed by atoms with Crippen molar-refractivity contribution in [2.24, 2.45) is 5.92 Å². The number of ether oxygens (including phenoxy) is 1. The molecule has 3 rings (SSSR count). The second-order valence-corrected chi connectivity index (χ2v) is 6.24. The molecule has 0 radical (unpaired) electrons. The van der Waals surface area contributed by atoms with Crippen LogP contribution in [0.4, 0.5) is 4.39 Å². The van der Waals surface area contributed by atoms with Gasteiger partial charge in [0.15, 0.2) is 11.6 Å². The maximum atomic E-state index is 13.8. The monoisotopic (exact) mass is 331 g/mol. The smallest absolute Gasteiger partial charge is 0.253 e. The van der Waals surface area contributed by atoms with Gasteiger partial charge in [-0.25, -0.2) is 9.37 Å². The molecule has 0 N–H and O–H groups in total. The van der Waals surface area contributed by atoms with Gasteiger partial charge >= 0.3 is 0 Å². The topological polar surface area (TPSA) is 47.4 Å². The lowest BCUT2D eigenvalue weighted by Gasteiger charge is -2.33. The summed E-state index contributed by atoms with van der Waals surface area (Å²) in [4.78, 5) is 18.7. The van der Waals surface area contributed by atoms with Crippen molar-refractivity contribution >= 4 is 5.91 Å². The number of halogens is 1. The highest BCUT2D eigenvalue weighted by Crippen LogP contribution is 2.23. The largest absolute Gasteiger partial charge is 0.494 e. The van der Waals surface area contributed by atoms with Crippen molar-refractivity contribution in [2.75, 3.05) is 20.2 Å². The molecule has 5 nitrogen and oxygen atoms in total. The summed E-state index contributed by atoms with van der Waals surface area (Å²) in [5.74, 6) is 0.891. The lowest BCUT2D eigenvalue weighted by atomic mass is 9.97. The molecule has 2 heterocycles. The molecule has 2 aromatic rings. The van der Waals surface area contributed by atoms with Gasteiger partial charge in [0.2, 0.25) is 0 Å². The predicted octanol–water partition coefficient (Wildman–Crippen LogP) is 2.89. The number of amides is 1. The average molecular weight is 331 g/mol. The molecule has 0 aliphatic carbocycles. The van der Waals surface area contributed by atoms with Crippen LogP contribution in [0.1, 0.15) is 29.0 Å². The first-order valence-corrected chi connectivity index (χ1v) is 8.19. The third-order valence-corrected chi connectivity index (χ3v) is 4.58. The van der Waals surface area contributed by atoms with Gasteiger partial charge in [-0.1, -0.05) is 0 Å². The van der Waals surface area contributed by atoms with Crippen molar-refractivity contribution in [3.8, 4) is 5.75 Å². The van der Waals surface area contributed by atoms with E-state index in [9.17, 15) is 9.18 Å². The highest BCUT2D eigenvalue weighted by atomic mass is 19.1. The molecule has 0 saturated carbocycles. The highest BCUT2D eigenvalue weighted by molar-refractivity contribution is 5.94. The normalized spacial score (nSPS) is 17.8. The second-order valence-electron chi connectivity index (χ2n) is 6.24. The molecule has 1 saturated heterocycles. The maximum Gasteiger partial charge on any atom is 0.253 e. The van der Waals surface area contributed by atoms with Gasteiger partial charge in [-0.15, -0.1) is 0 Å². The third kappa shape index (κ3) is 3.42. The number of imidazole rings is 1. The summed E-state index contributed by atoms with van der Waals surface area (Å²) in [6.45, 7) is 4.23. The van der Waals surface area contributed by atoms with Gasteiger partial charge in [0.05, 0.1) is 7.11 Å². The number of aryl methyl sites for hydroxylation is 1. The Hall–Kier alpha value is -2.37. The quantitative estimate of drug-likeness (QED) is 0.865. The number of benzene rings is 1. The summed E-state index contributed by atoms with van der Waals surface area (Å²) in [5.41, 5.74) is 0.368. The minimum absolute atomic E-state index is 0.122. The van der Waals surface area contributed by atoms with Crippen LogP contribution in [-0.4, -0.2) is 40.6 Å². The Balaban J connectivity index is 1.68. The van der Waals surface area contributed by atoms with Crippen LogP contribution in [0.2, 0.25) is 0 Å². The second kappa shape index (κ2) is 7.03. The van der Waals surface area contributed by atoms with Crippen molar-refractivity contribution in [1.29, 1.82) is 0 Å². The van der Waals surface area contributed by atoms with E-state index in [0.717, 1.165) is 25.2 Å². The van der Waals surface area contributed by atoms with E-state index in [4.69, 9.17) is 4.74 Å². The van der Waals surface area contributed by atoms with E-state index in [1.54, 1.807) is 12.3 Å². The van der Waals surface area contributed by atoms with E-state index >= 15 is 0 Å². The molecule has 6 heteroatoms. The van der Waals surface area contributed by atoms with Crippen LogP contribution in [0.25, 0.3) is 0 Å². The molecule has 24 heavy (non-hydrogen) atoms. The minimum Gasteiger partial charge on any atom is -0.494 e. The number of likely N-dealkylation sites (tertiary alicyclic amines) is 1. The number of aromatic nitrogens is 2. The summed E-state index contributed by atoms with van der Waals surface area (Å²) in [7, 11) is 1.41. The molecule has 1 atom stereocenters. The summed E-state index contributed by atoms with van der Waals surface area (Å²) >= 11 is 0. The molecular weight excluding hydrogens is 309 g/mol. The van der Waals surface area contributed by atoms with Crippen LogP contribution in [0, 0.1) is 18.7 Å². The van der Waals surface area contributed by atoms with Crippen LogP contribution in [0.5, 0.6) is 5.75 Å². The minimum atomic E-state index is -0.508. The van der Waals surface area contributed by atoms with E-state index < -0.39 is 5.82 Å². The first kappa shape index (κ1) is 16.5. The number of nitrogens with zero attached hydrogens (tertiary/aromatic N) is 3. The van der Waals surface area contributed by atoms with Crippen LogP contribution < -0.4 is 4.74 Å². The van der Waals surface area contributed by atoms with Crippen LogP contribution in [0.3, 0.4) is 0 Å². The number of carbonyl (C=O) groups excluding carboxylic acids is 1.